The minimum atomic E-state index is 0.243. The third kappa shape index (κ3) is 3.91. The van der Waals surface area contributed by atoms with E-state index in [-0.39, 0.29) is 5.91 Å². The van der Waals surface area contributed by atoms with Gasteiger partial charge in [0.25, 0.3) is 0 Å². The number of hydrogen-bond acceptors (Lipinski definition) is 5. The molecule has 3 heterocycles. The highest BCUT2D eigenvalue weighted by Crippen LogP contribution is 2.24. The number of ether oxygens (including phenoxy) is 1. The number of fused-ring (bicyclic) bond motifs is 1. The highest BCUT2D eigenvalue weighted by molar-refractivity contribution is 5.89. The normalized spacial score (nSPS) is 14.5. The second-order valence-electron chi connectivity index (χ2n) is 6.00. The molecule has 3 rings (SSSR count). The van der Waals surface area contributed by atoms with Crippen molar-refractivity contribution in [3.63, 3.8) is 0 Å². The molecule has 2 aromatic heterocycles. The Morgan fingerprint density at radius 1 is 1.32 bits per heavy atom. The van der Waals surface area contributed by atoms with Gasteiger partial charge in [0.15, 0.2) is 0 Å². The van der Waals surface area contributed by atoms with E-state index in [9.17, 15) is 4.79 Å². The highest BCUT2D eigenvalue weighted by atomic mass is 16.5. The summed E-state index contributed by atoms with van der Waals surface area (Å²) >= 11 is 0. The van der Waals surface area contributed by atoms with E-state index < -0.39 is 0 Å². The van der Waals surface area contributed by atoms with E-state index in [1.54, 1.807) is 13.4 Å². The SMILES string of the molecule is CCCC(=O)N1CCN(c2ncnc3[nH]c(C#CCOC)cc23)CC1. The molecule has 7 heteroatoms. The lowest BCUT2D eigenvalue weighted by atomic mass is 10.2. The molecule has 0 atom stereocenters. The molecule has 1 aliphatic heterocycles. The summed E-state index contributed by atoms with van der Waals surface area (Å²) in [7, 11) is 1.62. The maximum Gasteiger partial charge on any atom is 0.222 e. The van der Waals surface area contributed by atoms with Gasteiger partial charge in [-0.2, -0.15) is 0 Å². The first-order valence-electron chi connectivity index (χ1n) is 8.57. The van der Waals surface area contributed by atoms with Gasteiger partial charge in [-0.15, -0.1) is 0 Å². The van der Waals surface area contributed by atoms with Crippen LogP contribution in [0, 0.1) is 11.8 Å². The zero-order valence-corrected chi connectivity index (χ0v) is 14.7. The van der Waals surface area contributed by atoms with E-state index in [1.165, 1.54) is 0 Å². The smallest absolute Gasteiger partial charge is 0.222 e. The average molecular weight is 341 g/mol. The number of anilines is 1. The predicted octanol–water partition coefficient (Wildman–Crippen LogP) is 1.40. The van der Waals surface area contributed by atoms with Crippen molar-refractivity contribution in [2.24, 2.45) is 0 Å². The molecule has 0 saturated carbocycles. The van der Waals surface area contributed by atoms with Gasteiger partial charge in [-0.3, -0.25) is 4.79 Å². The summed E-state index contributed by atoms with van der Waals surface area (Å²) in [4.78, 5) is 28.2. The second kappa shape index (κ2) is 7.99. The van der Waals surface area contributed by atoms with Gasteiger partial charge in [0.2, 0.25) is 5.91 Å². The van der Waals surface area contributed by atoms with Crippen molar-refractivity contribution in [1.82, 2.24) is 19.9 Å². The maximum absolute atomic E-state index is 12.0. The van der Waals surface area contributed by atoms with Crippen LogP contribution in [0.4, 0.5) is 5.82 Å². The number of rotatable bonds is 4. The molecule has 0 radical (unpaired) electrons. The average Bonchev–Trinajstić information content (AvgIpc) is 3.05. The van der Waals surface area contributed by atoms with Crippen LogP contribution in [-0.2, 0) is 9.53 Å². The molecule has 1 amide bonds. The molecular weight excluding hydrogens is 318 g/mol. The molecule has 132 valence electrons. The molecule has 7 nitrogen and oxygen atoms in total. The summed E-state index contributed by atoms with van der Waals surface area (Å²) in [6.45, 7) is 5.44. The van der Waals surface area contributed by atoms with Crippen LogP contribution in [0.2, 0.25) is 0 Å². The number of nitrogens with zero attached hydrogens (tertiary/aromatic N) is 4. The van der Waals surface area contributed by atoms with Gasteiger partial charge < -0.3 is 19.5 Å². The van der Waals surface area contributed by atoms with Crippen LogP contribution in [0.25, 0.3) is 11.0 Å². The van der Waals surface area contributed by atoms with E-state index >= 15 is 0 Å². The van der Waals surface area contributed by atoms with Crippen LogP contribution in [-0.4, -0.2) is 65.7 Å². The lowest BCUT2D eigenvalue weighted by Gasteiger charge is -2.35. The number of H-pyrrole nitrogens is 1. The summed E-state index contributed by atoms with van der Waals surface area (Å²) in [6, 6.07) is 1.97. The van der Waals surface area contributed by atoms with Crippen LogP contribution in [0.5, 0.6) is 0 Å². The topological polar surface area (TPSA) is 74.4 Å². The molecule has 0 aromatic carbocycles. The molecule has 1 saturated heterocycles. The Balaban J connectivity index is 1.76. The molecule has 2 aromatic rings. The van der Waals surface area contributed by atoms with E-state index in [4.69, 9.17) is 4.74 Å². The number of nitrogens with one attached hydrogen (secondary N) is 1. The highest BCUT2D eigenvalue weighted by Gasteiger charge is 2.23. The Morgan fingerprint density at radius 2 is 2.12 bits per heavy atom. The first kappa shape index (κ1) is 17.2. The van der Waals surface area contributed by atoms with Crippen molar-refractivity contribution in [3.8, 4) is 11.8 Å². The lowest BCUT2D eigenvalue weighted by molar-refractivity contribution is -0.131. The maximum atomic E-state index is 12.0. The van der Waals surface area contributed by atoms with E-state index in [1.807, 2.05) is 17.9 Å². The standard InChI is InChI=1S/C18H23N5O2/c1-3-5-16(24)22-7-9-23(10-8-22)18-15-12-14(6-4-11-25-2)21-17(15)19-13-20-18/h12-13H,3,5,7-11H2,1-2H3,(H,19,20,21). The monoisotopic (exact) mass is 341 g/mol. The zero-order valence-electron chi connectivity index (χ0n) is 14.7. The summed E-state index contributed by atoms with van der Waals surface area (Å²) in [5.41, 5.74) is 1.57. The number of amides is 1. The van der Waals surface area contributed by atoms with Crippen LogP contribution in [0.3, 0.4) is 0 Å². The van der Waals surface area contributed by atoms with Gasteiger partial charge in [-0.25, -0.2) is 9.97 Å². The number of carbonyl (C=O) groups is 1. The van der Waals surface area contributed by atoms with E-state index in [2.05, 4.69) is 31.7 Å². The quantitative estimate of drug-likeness (QED) is 0.851. The Kier molecular flexibility index (Phi) is 5.51. The Hall–Kier alpha value is -2.59. The molecule has 0 aliphatic carbocycles. The predicted molar refractivity (Wildman–Crippen MR) is 96.3 cm³/mol. The van der Waals surface area contributed by atoms with Gasteiger partial charge >= 0.3 is 0 Å². The molecular formula is C18H23N5O2. The van der Waals surface area contributed by atoms with E-state index in [0.29, 0.717) is 13.0 Å². The minimum absolute atomic E-state index is 0.243. The second-order valence-corrected chi connectivity index (χ2v) is 6.00. The van der Waals surface area contributed by atoms with Crippen molar-refractivity contribution in [2.75, 3.05) is 44.8 Å². The van der Waals surface area contributed by atoms with Crippen LogP contribution in [0.1, 0.15) is 25.5 Å². The molecule has 0 spiro atoms. The van der Waals surface area contributed by atoms with Crippen LogP contribution in [0.15, 0.2) is 12.4 Å². The molecule has 1 fully saturated rings. The fourth-order valence-corrected chi connectivity index (χ4v) is 2.99. The molecule has 0 bridgehead atoms. The number of carbonyl (C=O) groups excluding carboxylic acids is 1. The summed E-state index contributed by atoms with van der Waals surface area (Å²) in [5, 5.41) is 0.956. The van der Waals surface area contributed by atoms with Gasteiger partial charge in [-0.05, 0) is 18.4 Å². The van der Waals surface area contributed by atoms with Gasteiger partial charge in [0.05, 0.1) is 11.1 Å². The third-order valence-corrected chi connectivity index (χ3v) is 4.24. The van der Waals surface area contributed by atoms with Gasteiger partial charge in [0.1, 0.15) is 24.4 Å². The molecule has 25 heavy (non-hydrogen) atoms. The zero-order chi connectivity index (χ0) is 17.6. The number of methoxy groups -OCH3 is 1. The molecule has 0 unspecified atom stereocenters. The van der Waals surface area contributed by atoms with Crippen molar-refractivity contribution in [1.29, 1.82) is 0 Å². The van der Waals surface area contributed by atoms with Crippen molar-refractivity contribution in [2.45, 2.75) is 19.8 Å². The fraction of sp³-hybridized carbons (Fsp3) is 0.500. The van der Waals surface area contributed by atoms with Gasteiger partial charge in [-0.1, -0.05) is 12.8 Å². The molecule has 1 aliphatic rings. The van der Waals surface area contributed by atoms with E-state index in [0.717, 1.165) is 55.1 Å². The minimum Gasteiger partial charge on any atom is -0.372 e. The fourth-order valence-electron chi connectivity index (χ4n) is 2.99. The Morgan fingerprint density at radius 3 is 2.84 bits per heavy atom. The van der Waals surface area contributed by atoms with Crippen molar-refractivity contribution >= 4 is 22.8 Å². The summed E-state index contributed by atoms with van der Waals surface area (Å²) in [6.07, 6.45) is 3.08. The van der Waals surface area contributed by atoms with Crippen molar-refractivity contribution < 1.29 is 9.53 Å². The van der Waals surface area contributed by atoms with Crippen molar-refractivity contribution in [3.05, 3.63) is 18.1 Å². The summed E-state index contributed by atoms with van der Waals surface area (Å²) < 4.78 is 4.95. The third-order valence-electron chi connectivity index (χ3n) is 4.24. The first-order valence-corrected chi connectivity index (χ1v) is 8.57. The van der Waals surface area contributed by atoms with Crippen LogP contribution >= 0.6 is 0 Å². The molecule has 1 N–H and O–H groups in total. The summed E-state index contributed by atoms with van der Waals surface area (Å²) in [5.74, 6) is 7.10. The lowest BCUT2D eigenvalue weighted by Crippen LogP contribution is -2.49. The number of piperazine rings is 1. The van der Waals surface area contributed by atoms with Gasteiger partial charge in [0, 0.05) is 39.7 Å². The Bertz CT molecular complexity index is 797. The largest absolute Gasteiger partial charge is 0.372 e. The number of aromatic amines is 1. The first-order chi connectivity index (χ1) is 12.2. The number of hydrogen-bond donors (Lipinski definition) is 1. The van der Waals surface area contributed by atoms with Crippen LogP contribution < -0.4 is 4.90 Å². The Labute approximate surface area is 147 Å². The number of aromatic nitrogens is 3.